The minimum Gasteiger partial charge on any atom is -0.268 e. The average Bonchev–Trinajstić information content (AvgIpc) is 2.37. The van der Waals surface area contributed by atoms with E-state index in [1.807, 2.05) is 5.10 Å². The Kier molecular flexibility index (Phi) is 3.52. The largest absolute Gasteiger partial charge is 0.416 e. The molecule has 112 valence electrons. The predicted molar refractivity (Wildman–Crippen MR) is 60.3 cm³/mol. The van der Waals surface area contributed by atoms with Crippen molar-refractivity contribution >= 4 is 0 Å². The van der Waals surface area contributed by atoms with Gasteiger partial charge in [0.05, 0.1) is 16.8 Å². The molecular weight excluding hydrogens is 302 g/mol. The van der Waals surface area contributed by atoms with Gasteiger partial charge in [-0.3, -0.25) is 4.79 Å². The van der Waals surface area contributed by atoms with E-state index in [2.05, 4.69) is 5.10 Å². The van der Waals surface area contributed by atoms with Gasteiger partial charge in [0.25, 0.3) is 5.56 Å². The molecule has 2 aromatic rings. The zero-order valence-electron chi connectivity index (χ0n) is 10.0. The zero-order chi connectivity index (χ0) is 15.8. The molecule has 3 nitrogen and oxygen atoms in total. The van der Waals surface area contributed by atoms with Gasteiger partial charge in [-0.05, 0) is 24.3 Å². The van der Waals surface area contributed by atoms with Gasteiger partial charge in [-0.1, -0.05) is 0 Å². The van der Waals surface area contributed by atoms with Crippen LogP contribution in [0.3, 0.4) is 0 Å². The number of hydrogen-bond donors (Lipinski definition) is 1. The highest BCUT2D eigenvalue weighted by Crippen LogP contribution is 2.38. The van der Waals surface area contributed by atoms with Crippen LogP contribution in [0.5, 0.6) is 0 Å². The molecule has 0 unspecified atom stereocenters. The summed E-state index contributed by atoms with van der Waals surface area (Å²) in [5.41, 5.74) is -4.11. The number of nitrogens with one attached hydrogen (secondary N) is 1. The number of H-pyrrole nitrogens is 1. The summed E-state index contributed by atoms with van der Waals surface area (Å²) in [5.74, 6) is 0. The van der Waals surface area contributed by atoms with Crippen LogP contribution in [0, 0.1) is 0 Å². The molecule has 2 rings (SSSR count). The first-order chi connectivity index (χ1) is 9.57. The van der Waals surface area contributed by atoms with Crippen LogP contribution in [-0.2, 0) is 12.4 Å². The van der Waals surface area contributed by atoms with E-state index < -0.39 is 34.6 Å². The molecule has 0 saturated carbocycles. The van der Waals surface area contributed by atoms with Gasteiger partial charge in [-0.25, -0.2) is 5.10 Å². The Hall–Kier alpha value is -2.32. The number of alkyl halides is 6. The van der Waals surface area contributed by atoms with Crippen LogP contribution in [-0.4, -0.2) is 10.2 Å². The normalized spacial score (nSPS) is 12.5. The zero-order valence-corrected chi connectivity index (χ0v) is 10.0. The van der Waals surface area contributed by atoms with E-state index in [1.165, 1.54) is 0 Å². The van der Waals surface area contributed by atoms with E-state index in [1.54, 1.807) is 0 Å². The summed E-state index contributed by atoms with van der Waals surface area (Å²) in [7, 11) is 0. The lowest BCUT2D eigenvalue weighted by Gasteiger charge is -2.13. The molecule has 0 aliphatic carbocycles. The molecule has 0 aliphatic rings. The van der Waals surface area contributed by atoms with E-state index in [9.17, 15) is 31.1 Å². The maximum absolute atomic E-state index is 12.7. The average molecular weight is 308 g/mol. The van der Waals surface area contributed by atoms with Crippen LogP contribution in [0.1, 0.15) is 11.1 Å². The van der Waals surface area contributed by atoms with Gasteiger partial charge in [0, 0.05) is 11.6 Å². The van der Waals surface area contributed by atoms with Gasteiger partial charge in [0.2, 0.25) is 0 Å². The lowest BCUT2D eigenvalue weighted by atomic mass is 10.0. The molecule has 1 aromatic heterocycles. The molecule has 0 aliphatic heterocycles. The topological polar surface area (TPSA) is 45.8 Å². The number of aromatic amines is 1. The molecule has 0 amide bonds. The van der Waals surface area contributed by atoms with Crippen LogP contribution in [0.15, 0.2) is 35.1 Å². The minimum absolute atomic E-state index is 0.0230. The Morgan fingerprint density at radius 3 is 1.76 bits per heavy atom. The van der Waals surface area contributed by atoms with Crippen molar-refractivity contribution in [3.05, 3.63) is 51.8 Å². The molecule has 0 bridgehead atoms. The van der Waals surface area contributed by atoms with Crippen molar-refractivity contribution in [2.45, 2.75) is 12.4 Å². The maximum Gasteiger partial charge on any atom is 0.416 e. The molecule has 1 aromatic carbocycles. The molecule has 0 radical (unpaired) electrons. The Bertz CT molecular complexity index is 664. The van der Waals surface area contributed by atoms with Crippen molar-refractivity contribution in [2.24, 2.45) is 0 Å². The first-order valence-electron chi connectivity index (χ1n) is 5.43. The SMILES string of the molecule is O=c1ccc(-c2cc(C(F)(F)F)cc(C(F)(F)F)c2)n[nH]1. The number of halogens is 6. The van der Waals surface area contributed by atoms with Crippen molar-refractivity contribution < 1.29 is 26.3 Å². The number of hydrogen-bond acceptors (Lipinski definition) is 2. The molecule has 0 saturated heterocycles. The molecule has 0 fully saturated rings. The highest BCUT2D eigenvalue weighted by Gasteiger charge is 2.37. The first kappa shape index (κ1) is 15.1. The van der Waals surface area contributed by atoms with E-state index in [0.29, 0.717) is 12.1 Å². The third-order valence-electron chi connectivity index (χ3n) is 2.56. The highest BCUT2D eigenvalue weighted by atomic mass is 19.4. The fourth-order valence-electron chi connectivity index (χ4n) is 1.61. The van der Waals surface area contributed by atoms with Crippen LogP contribution in [0.25, 0.3) is 11.3 Å². The number of aromatic nitrogens is 2. The van der Waals surface area contributed by atoms with Crippen molar-refractivity contribution in [3.8, 4) is 11.3 Å². The number of rotatable bonds is 1. The van der Waals surface area contributed by atoms with Crippen molar-refractivity contribution in [3.63, 3.8) is 0 Å². The van der Waals surface area contributed by atoms with Crippen molar-refractivity contribution in [2.75, 3.05) is 0 Å². The lowest BCUT2D eigenvalue weighted by molar-refractivity contribution is -0.143. The summed E-state index contributed by atoms with van der Waals surface area (Å²) < 4.78 is 76.0. The Morgan fingerprint density at radius 1 is 0.857 bits per heavy atom. The van der Waals surface area contributed by atoms with Crippen molar-refractivity contribution in [1.82, 2.24) is 10.2 Å². The van der Waals surface area contributed by atoms with E-state index >= 15 is 0 Å². The quantitative estimate of drug-likeness (QED) is 0.820. The van der Waals surface area contributed by atoms with E-state index in [4.69, 9.17) is 0 Å². The molecule has 0 atom stereocenters. The fourth-order valence-corrected chi connectivity index (χ4v) is 1.61. The van der Waals surface area contributed by atoms with Gasteiger partial charge < -0.3 is 0 Å². The van der Waals surface area contributed by atoms with Gasteiger partial charge in [-0.15, -0.1) is 0 Å². The monoisotopic (exact) mass is 308 g/mol. The Labute approximate surface area is 113 Å². The fraction of sp³-hybridized carbons (Fsp3) is 0.167. The summed E-state index contributed by atoms with van der Waals surface area (Å²) in [6.45, 7) is 0. The summed E-state index contributed by atoms with van der Waals surface area (Å²) in [6.07, 6.45) is -9.86. The molecule has 0 spiro atoms. The third-order valence-corrected chi connectivity index (χ3v) is 2.56. The van der Waals surface area contributed by atoms with E-state index in [0.717, 1.165) is 12.1 Å². The Balaban J connectivity index is 2.65. The standard InChI is InChI=1S/C12H6F6N2O/c13-11(14,15)7-3-6(4-8(5-7)12(16,17)18)9-1-2-10(21)20-19-9/h1-5H,(H,20,21). The van der Waals surface area contributed by atoms with Crippen molar-refractivity contribution in [1.29, 1.82) is 0 Å². The molecule has 21 heavy (non-hydrogen) atoms. The number of nitrogens with zero attached hydrogens (tertiary/aromatic N) is 1. The summed E-state index contributed by atoms with van der Waals surface area (Å²) in [5, 5.41) is 5.37. The number of benzene rings is 1. The van der Waals surface area contributed by atoms with Crippen LogP contribution in [0.4, 0.5) is 26.3 Å². The molecule has 9 heteroatoms. The van der Waals surface area contributed by atoms with Crippen LogP contribution in [0.2, 0.25) is 0 Å². The second-order valence-electron chi connectivity index (χ2n) is 4.10. The van der Waals surface area contributed by atoms with Crippen LogP contribution >= 0.6 is 0 Å². The van der Waals surface area contributed by atoms with E-state index in [-0.39, 0.29) is 11.8 Å². The maximum atomic E-state index is 12.7. The lowest BCUT2D eigenvalue weighted by Crippen LogP contribution is -2.12. The smallest absolute Gasteiger partial charge is 0.268 e. The van der Waals surface area contributed by atoms with Gasteiger partial charge >= 0.3 is 12.4 Å². The second kappa shape index (κ2) is 4.90. The molecule has 1 heterocycles. The molecular formula is C12H6F6N2O. The highest BCUT2D eigenvalue weighted by molar-refractivity contribution is 5.61. The molecule has 1 N–H and O–H groups in total. The van der Waals surface area contributed by atoms with Gasteiger partial charge in [-0.2, -0.15) is 31.4 Å². The second-order valence-corrected chi connectivity index (χ2v) is 4.10. The first-order valence-corrected chi connectivity index (χ1v) is 5.43. The Morgan fingerprint density at radius 2 is 1.38 bits per heavy atom. The minimum atomic E-state index is -4.93. The summed E-state index contributed by atoms with van der Waals surface area (Å²) in [4.78, 5) is 10.8. The van der Waals surface area contributed by atoms with Gasteiger partial charge in [0.15, 0.2) is 0 Å². The third kappa shape index (κ3) is 3.41. The summed E-state index contributed by atoms with van der Waals surface area (Å²) >= 11 is 0. The van der Waals surface area contributed by atoms with Gasteiger partial charge in [0.1, 0.15) is 0 Å². The van der Waals surface area contributed by atoms with Crippen LogP contribution < -0.4 is 5.56 Å². The summed E-state index contributed by atoms with van der Waals surface area (Å²) in [6, 6.07) is 3.09. The predicted octanol–water partition coefficient (Wildman–Crippen LogP) is 3.47.